The molecule has 0 bridgehead atoms. The van der Waals surface area contributed by atoms with Gasteiger partial charge < -0.3 is 11.1 Å². The third-order valence-electron chi connectivity index (χ3n) is 1.83. The van der Waals surface area contributed by atoms with Crippen LogP contribution in [-0.4, -0.2) is 17.4 Å². The van der Waals surface area contributed by atoms with Gasteiger partial charge in [-0.15, -0.1) is 0 Å². The molecule has 0 aliphatic rings. The van der Waals surface area contributed by atoms with E-state index in [4.69, 9.17) is 5.73 Å². The summed E-state index contributed by atoms with van der Waals surface area (Å²) in [6.07, 6.45) is 2.55. The molecule has 1 amide bonds. The first-order valence-electron chi connectivity index (χ1n) is 4.71. The van der Waals surface area contributed by atoms with Crippen LogP contribution in [0.1, 0.15) is 29.4 Å². The zero-order chi connectivity index (χ0) is 10.4. The molecule has 0 aliphatic heterocycles. The standard InChI is InChI=1S/C10H15N3O/c1-2-5-12-10(14)9-4-3-8(6-11)7-13-9/h3-4,7H,2,5-6,11H2,1H3,(H,12,14). The highest BCUT2D eigenvalue weighted by Crippen LogP contribution is 1.99. The highest BCUT2D eigenvalue weighted by atomic mass is 16.1. The summed E-state index contributed by atoms with van der Waals surface area (Å²) in [6, 6.07) is 3.50. The first-order chi connectivity index (χ1) is 6.77. The van der Waals surface area contributed by atoms with Gasteiger partial charge in [-0.25, -0.2) is 0 Å². The van der Waals surface area contributed by atoms with Crippen LogP contribution in [-0.2, 0) is 6.54 Å². The van der Waals surface area contributed by atoms with Gasteiger partial charge >= 0.3 is 0 Å². The lowest BCUT2D eigenvalue weighted by atomic mass is 10.2. The van der Waals surface area contributed by atoms with Gasteiger partial charge in [0.25, 0.3) is 5.91 Å². The molecular formula is C10H15N3O. The topological polar surface area (TPSA) is 68.0 Å². The first-order valence-corrected chi connectivity index (χ1v) is 4.71. The van der Waals surface area contributed by atoms with Gasteiger partial charge in [0, 0.05) is 19.3 Å². The van der Waals surface area contributed by atoms with Crippen molar-refractivity contribution in [2.45, 2.75) is 19.9 Å². The molecule has 1 heterocycles. The second kappa shape index (κ2) is 5.34. The summed E-state index contributed by atoms with van der Waals surface area (Å²) in [5.41, 5.74) is 6.78. The molecule has 3 N–H and O–H groups in total. The van der Waals surface area contributed by atoms with Crippen LogP contribution in [0.15, 0.2) is 18.3 Å². The minimum absolute atomic E-state index is 0.129. The van der Waals surface area contributed by atoms with Crippen LogP contribution in [0.5, 0.6) is 0 Å². The fraction of sp³-hybridized carbons (Fsp3) is 0.400. The molecule has 0 aromatic carbocycles. The Labute approximate surface area is 83.5 Å². The Kier molecular flexibility index (Phi) is 4.07. The van der Waals surface area contributed by atoms with Gasteiger partial charge in [-0.3, -0.25) is 9.78 Å². The van der Waals surface area contributed by atoms with Crippen molar-refractivity contribution in [3.8, 4) is 0 Å². The molecule has 0 unspecified atom stereocenters. The lowest BCUT2D eigenvalue weighted by Crippen LogP contribution is -2.24. The lowest BCUT2D eigenvalue weighted by Gasteiger charge is -2.02. The van der Waals surface area contributed by atoms with Gasteiger partial charge in [-0.1, -0.05) is 13.0 Å². The number of carbonyl (C=O) groups excluding carboxylic acids is 1. The minimum Gasteiger partial charge on any atom is -0.351 e. The normalized spacial score (nSPS) is 9.86. The summed E-state index contributed by atoms with van der Waals surface area (Å²) in [4.78, 5) is 15.4. The van der Waals surface area contributed by atoms with E-state index in [2.05, 4.69) is 10.3 Å². The van der Waals surface area contributed by atoms with Crippen molar-refractivity contribution >= 4 is 5.91 Å². The number of nitrogens with two attached hydrogens (primary N) is 1. The number of nitrogens with one attached hydrogen (secondary N) is 1. The molecular weight excluding hydrogens is 178 g/mol. The van der Waals surface area contributed by atoms with Crippen molar-refractivity contribution in [1.29, 1.82) is 0 Å². The maximum atomic E-state index is 11.4. The smallest absolute Gasteiger partial charge is 0.269 e. The van der Waals surface area contributed by atoms with Crippen LogP contribution in [0.3, 0.4) is 0 Å². The third kappa shape index (κ3) is 2.81. The van der Waals surface area contributed by atoms with Crippen molar-refractivity contribution in [2.24, 2.45) is 5.73 Å². The van der Waals surface area contributed by atoms with E-state index >= 15 is 0 Å². The molecule has 1 rings (SSSR count). The fourth-order valence-corrected chi connectivity index (χ4v) is 1.01. The first kappa shape index (κ1) is 10.7. The fourth-order valence-electron chi connectivity index (χ4n) is 1.01. The molecule has 76 valence electrons. The van der Waals surface area contributed by atoms with Crippen LogP contribution in [0, 0.1) is 0 Å². The number of carbonyl (C=O) groups is 1. The van der Waals surface area contributed by atoms with E-state index in [1.54, 1.807) is 12.3 Å². The maximum Gasteiger partial charge on any atom is 0.269 e. The van der Waals surface area contributed by atoms with E-state index in [0.29, 0.717) is 18.8 Å². The Balaban J connectivity index is 2.62. The summed E-state index contributed by atoms with van der Waals surface area (Å²) in [5.74, 6) is -0.129. The van der Waals surface area contributed by atoms with Crippen molar-refractivity contribution < 1.29 is 4.79 Å². The van der Waals surface area contributed by atoms with Crippen molar-refractivity contribution in [2.75, 3.05) is 6.54 Å². The van der Waals surface area contributed by atoms with E-state index in [0.717, 1.165) is 12.0 Å². The van der Waals surface area contributed by atoms with Crippen LogP contribution in [0.25, 0.3) is 0 Å². The Morgan fingerprint density at radius 1 is 1.57 bits per heavy atom. The molecule has 4 heteroatoms. The maximum absolute atomic E-state index is 11.4. The van der Waals surface area contributed by atoms with Crippen molar-refractivity contribution in [1.82, 2.24) is 10.3 Å². The highest BCUT2D eigenvalue weighted by molar-refractivity contribution is 5.92. The number of nitrogens with zero attached hydrogens (tertiary/aromatic N) is 1. The van der Waals surface area contributed by atoms with Crippen LogP contribution in [0.4, 0.5) is 0 Å². The Morgan fingerprint density at radius 3 is 2.86 bits per heavy atom. The lowest BCUT2D eigenvalue weighted by molar-refractivity contribution is 0.0948. The molecule has 4 nitrogen and oxygen atoms in total. The quantitative estimate of drug-likeness (QED) is 0.738. The average molecular weight is 193 g/mol. The summed E-state index contributed by atoms with van der Waals surface area (Å²) < 4.78 is 0. The van der Waals surface area contributed by atoms with Gasteiger partial charge in [0.15, 0.2) is 0 Å². The van der Waals surface area contributed by atoms with Crippen molar-refractivity contribution in [3.05, 3.63) is 29.6 Å². The Bertz CT molecular complexity index is 295. The third-order valence-corrected chi connectivity index (χ3v) is 1.83. The average Bonchev–Trinajstić information content (AvgIpc) is 2.26. The molecule has 0 saturated heterocycles. The number of rotatable bonds is 4. The van der Waals surface area contributed by atoms with Crippen LogP contribution < -0.4 is 11.1 Å². The number of aromatic nitrogens is 1. The number of pyridine rings is 1. The van der Waals surface area contributed by atoms with Gasteiger partial charge in [0.2, 0.25) is 0 Å². The van der Waals surface area contributed by atoms with Gasteiger partial charge in [-0.2, -0.15) is 0 Å². The van der Waals surface area contributed by atoms with Gasteiger partial charge in [0.1, 0.15) is 5.69 Å². The minimum atomic E-state index is -0.129. The summed E-state index contributed by atoms with van der Waals surface area (Å²) >= 11 is 0. The molecule has 0 fully saturated rings. The molecule has 0 saturated carbocycles. The van der Waals surface area contributed by atoms with Gasteiger partial charge in [-0.05, 0) is 18.1 Å². The van der Waals surface area contributed by atoms with Crippen LogP contribution >= 0.6 is 0 Å². The zero-order valence-electron chi connectivity index (χ0n) is 8.29. The molecule has 0 radical (unpaired) electrons. The predicted molar refractivity (Wildman–Crippen MR) is 54.8 cm³/mol. The summed E-state index contributed by atoms with van der Waals surface area (Å²) in [6.45, 7) is 3.13. The second-order valence-electron chi connectivity index (χ2n) is 3.01. The Hall–Kier alpha value is -1.42. The molecule has 0 atom stereocenters. The molecule has 14 heavy (non-hydrogen) atoms. The number of amides is 1. The van der Waals surface area contributed by atoms with Crippen LogP contribution in [0.2, 0.25) is 0 Å². The molecule has 1 aromatic rings. The Morgan fingerprint density at radius 2 is 2.36 bits per heavy atom. The molecule has 0 spiro atoms. The van der Waals surface area contributed by atoms with E-state index < -0.39 is 0 Å². The predicted octanol–water partition coefficient (Wildman–Crippen LogP) is 0.680. The summed E-state index contributed by atoms with van der Waals surface area (Å²) in [5, 5.41) is 2.75. The van der Waals surface area contributed by atoms with Crippen molar-refractivity contribution in [3.63, 3.8) is 0 Å². The number of hydrogen-bond donors (Lipinski definition) is 2. The number of hydrogen-bond acceptors (Lipinski definition) is 3. The summed E-state index contributed by atoms with van der Waals surface area (Å²) in [7, 11) is 0. The van der Waals surface area contributed by atoms with Gasteiger partial charge in [0.05, 0.1) is 0 Å². The molecule has 1 aromatic heterocycles. The van der Waals surface area contributed by atoms with E-state index in [-0.39, 0.29) is 5.91 Å². The van der Waals surface area contributed by atoms with E-state index in [1.807, 2.05) is 13.0 Å². The van der Waals surface area contributed by atoms with E-state index in [9.17, 15) is 4.79 Å². The van der Waals surface area contributed by atoms with E-state index in [1.165, 1.54) is 0 Å². The monoisotopic (exact) mass is 193 g/mol. The largest absolute Gasteiger partial charge is 0.351 e. The highest BCUT2D eigenvalue weighted by Gasteiger charge is 2.04. The second-order valence-corrected chi connectivity index (χ2v) is 3.01. The molecule has 0 aliphatic carbocycles. The SMILES string of the molecule is CCCNC(=O)c1ccc(CN)cn1. The zero-order valence-corrected chi connectivity index (χ0v) is 8.29.